The maximum Gasteiger partial charge on any atom is 0.0380 e. The molecule has 0 saturated carbocycles. The van der Waals surface area contributed by atoms with E-state index < -0.39 is 0 Å². The monoisotopic (exact) mass is 296 g/mol. The van der Waals surface area contributed by atoms with Gasteiger partial charge < -0.3 is 10.6 Å². The number of halogens is 1. The molecule has 0 aromatic heterocycles. The fourth-order valence-corrected chi connectivity index (χ4v) is 2.89. The molecule has 0 bridgehead atoms. The molecule has 1 fully saturated rings. The van der Waals surface area contributed by atoms with E-state index in [1.165, 1.54) is 15.7 Å². The van der Waals surface area contributed by atoms with E-state index in [9.17, 15) is 0 Å². The van der Waals surface area contributed by atoms with E-state index in [0.717, 1.165) is 13.0 Å². The summed E-state index contributed by atoms with van der Waals surface area (Å²) in [5.41, 5.74) is 8.71. The van der Waals surface area contributed by atoms with Gasteiger partial charge in [-0.25, -0.2) is 0 Å². The third-order valence-corrected chi connectivity index (χ3v) is 4.97. The molecule has 2 nitrogen and oxygen atoms in total. The summed E-state index contributed by atoms with van der Waals surface area (Å²) in [6.45, 7) is 7.70. The van der Waals surface area contributed by atoms with Crippen LogP contribution in [0.25, 0.3) is 0 Å². The van der Waals surface area contributed by atoms with E-state index in [4.69, 9.17) is 5.73 Å². The van der Waals surface area contributed by atoms with E-state index in [2.05, 4.69) is 59.8 Å². The summed E-state index contributed by atoms with van der Waals surface area (Å²) in [4.78, 5) is 2.47. The molecule has 2 N–H and O–H groups in total. The molecule has 17 heavy (non-hydrogen) atoms. The Morgan fingerprint density at radius 3 is 2.71 bits per heavy atom. The molecule has 1 heterocycles. The van der Waals surface area contributed by atoms with Crippen molar-refractivity contribution in [3.05, 3.63) is 28.2 Å². The van der Waals surface area contributed by atoms with Crippen molar-refractivity contribution in [1.29, 1.82) is 0 Å². The van der Waals surface area contributed by atoms with E-state index in [1.54, 1.807) is 0 Å². The molecule has 3 unspecified atom stereocenters. The lowest BCUT2D eigenvalue weighted by molar-refractivity contribution is 0.315. The Kier molecular flexibility index (Phi) is 3.79. The molecule has 1 aliphatic heterocycles. The Hall–Kier alpha value is -0.540. The second-order valence-corrected chi connectivity index (χ2v) is 6.03. The van der Waals surface area contributed by atoms with Crippen LogP contribution in [0.4, 0.5) is 5.69 Å². The van der Waals surface area contributed by atoms with Crippen LogP contribution in [0, 0.1) is 12.8 Å². The minimum absolute atomic E-state index is 0.343. The van der Waals surface area contributed by atoms with Crippen LogP contribution < -0.4 is 10.6 Å². The lowest BCUT2D eigenvalue weighted by Crippen LogP contribution is -2.51. The predicted octanol–water partition coefficient (Wildman–Crippen LogP) is 3.32. The van der Waals surface area contributed by atoms with Gasteiger partial charge >= 0.3 is 0 Å². The van der Waals surface area contributed by atoms with Gasteiger partial charge in [0.25, 0.3) is 0 Å². The zero-order valence-electron chi connectivity index (χ0n) is 10.8. The Balaban J connectivity index is 2.24. The molecule has 1 saturated heterocycles. The van der Waals surface area contributed by atoms with Crippen molar-refractivity contribution in [2.24, 2.45) is 11.7 Å². The maximum absolute atomic E-state index is 6.13. The van der Waals surface area contributed by atoms with Gasteiger partial charge in [0.15, 0.2) is 0 Å². The number of anilines is 1. The van der Waals surface area contributed by atoms with Gasteiger partial charge in [0, 0.05) is 28.8 Å². The molecule has 0 spiro atoms. The summed E-state index contributed by atoms with van der Waals surface area (Å²) >= 11 is 3.61. The molecule has 94 valence electrons. The highest BCUT2D eigenvalue weighted by Gasteiger charge is 2.30. The van der Waals surface area contributed by atoms with Crippen molar-refractivity contribution in [2.45, 2.75) is 39.3 Å². The number of aryl methyl sites for hydroxylation is 1. The van der Waals surface area contributed by atoms with Crippen molar-refractivity contribution in [3.8, 4) is 0 Å². The zero-order chi connectivity index (χ0) is 12.6. The number of hydrogen-bond acceptors (Lipinski definition) is 2. The van der Waals surface area contributed by atoms with E-state index in [0.29, 0.717) is 18.0 Å². The first-order valence-electron chi connectivity index (χ1n) is 6.29. The first kappa shape index (κ1) is 12.9. The van der Waals surface area contributed by atoms with Crippen molar-refractivity contribution >= 4 is 21.6 Å². The zero-order valence-corrected chi connectivity index (χ0v) is 12.4. The Morgan fingerprint density at radius 2 is 2.06 bits per heavy atom. The van der Waals surface area contributed by atoms with Crippen LogP contribution in [0.15, 0.2) is 22.7 Å². The van der Waals surface area contributed by atoms with Gasteiger partial charge in [0.05, 0.1) is 0 Å². The molecular formula is C14H21BrN2. The van der Waals surface area contributed by atoms with Gasteiger partial charge in [-0.15, -0.1) is 0 Å². The lowest BCUT2D eigenvalue weighted by atomic mass is 9.87. The Bertz CT molecular complexity index is 405. The van der Waals surface area contributed by atoms with Crippen molar-refractivity contribution in [1.82, 2.24) is 0 Å². The van der Waals surface area contributed by atoms with Gasteiger partial charge in [0.2, 0.25) is 0 Å². The SMILES string of the molecule is Cc1ccc(N2CCC(N)C(C)C2C)cc1Br. The number of rotatable bonds is 1. The van der Waals surface area contributed by atoms with Crippen LogP contribution in [-0.2, 0) is 0 Å². The first-order chi connectivity index (χ1) is 8.00. The van der Waals surface area contributed by atoms with Gasteiger partial charge in [-0.3, -0.25) is 0 Å². The molecule has 0 aliphatic carbocycles. The third kappa shape index (κ3) is 2.50. The molecule has 0 radical (unpaired) electrons. The summed E-state index contributed by atoms with van der Waals surface area (Å²) in [6, 6.07) is 7.45. The number of nitrogens with zero attached hydrogens (tertiary/aromatic N) is 1. The topological polar surface area (TPSA) is 29.3 Å². The lowest BCUT2D eigenvalue weighted by Gasteiger charge is -2.43. The molecule has 3 atom stereocenters. The maximum atomic E-state index is 6.13. The molecule has 1 aromatic rings. The first-order valence-corrected chi connectivity index (χ1v) is 7.08. The van der Waals surface area contributed by atoms with Crippen LogP contribution in [0.3, 0.4) is 0 Å². The Morgan fingerprint density at radius 1 is 1.35 bits per heavy atom. The summed E-state index contributed by atoms with van der Waals surface area (Å²) in [6.07, 6.45) is 1.08. The third-order valence-electron chi connectivity index (χ3n) is 4.12. The average molecular weight is 297 g/mol. The number of nitrogens with two attached hydrogens (primary N) is 1. The quantitative estimate of drug-likeness (QED) is 0.861. The largest absolute Gasteiger partial charge is 0.368 e. The van der Waals surface area contributed by atoms with Gasteiger partial charge in [0.1, 0.15) is 0 Å². The van der Waals surface area contributed by atoms with Crippen LogP contribution >= 0.6 is 15.9 Å². The summed E-state index contributed by atoms with van der Waals surface area (Å²) in [5, 5.41) is 0. The summed E-state index contributed by atoms with van der Waals surface area (Å²) < 4.78 is 1.18. The standard InChI is InChI=1S/C14H21BrN2/c1-9-4-5-12(8-13(9)15)17-7-6-14(16)10(2)11(17)3/h4-5,8,10-11,14H,6-7,16H2,1-3H3. The van der Waals surface area contributed by atoms with Crippen LogP contribution in [0.1, 0.15) is 25.8 Å². The van der Waals surface area contributed by atoms with Gasteiger partial charge in [-0.2, -0.15) is 0 Å². The van der Waals surface area contributed by atoms with E-state index in [1.807, 2.05) is 0 Å². The van der Waals surface area contributed by atoms with Crippen molar-refractivity contribution in [3.63, 3.8) is 0 Å². The smallest absolute Gasteiger partial charge is 0.0380 e. The van der Waals surface area contributed by atoms with Crippen LogP contribution in [-0.4, -0.2) is 18.6 Å². The normalized spacial score (nSPS) is 29.5. The molecule has 1 aliphatic rings. The highest BCUT2D eigenvalue weighted by Crippen LogP contribution is 2.30. The minimum Gasteiger partial charge on any atom is -0.368 e. The molecule has 3 heteroatoms. The van der Waals surface area contributed by atoms with Gasteiger partial charge in [-0.1, -0.05) is 28.9 Å². The number of hydrogen-bond donors (Lipinski definition) is 1. The molecule has 1 aromatic carbocycles. The molecular weight excluding hydrogens is 276 g/mol. The Labute approximate surface area is 112 Å². The summed E-state index contributed by atoms with van der Waals surface area (Å²) in [7, 11) is 0. The average Bonchev–Trinajstić information content (AvgIpc) is 2.30. The highest BCUT2D eigenvalue weighted by molar-refractivity contribution is 9.10. The minimum atomic E-state index is 0.343. The number of piperidine rings is 1. The van der Waals surface area contributed by atoms with Crippen molar-refractivity contribution in [2.75, 3.05) is 11.4 Å². The summed E-state index contributed by atoms with van der Waals surface area (Å²) in [5.74, 6) is 0.545. The van der Waals surface area contributed by atoms with E-state index in [-0.39, 0.29) is 0 Å². The fourth-order valence-electron chi connectivity index (χ4n) is 2.52. The molecule has 0 amide bonds. The van der Waals surface area contributed by atoms with Crippen LogP contribution in [0.2, 0.25) is 0 Å². The van der Waals surface area contributed by atoms with E-state index >= 15 is 0 Å². The second-order valence-electron chi connectivity index (χ2n) is 5.18. The highest BCUT2D eigenvalue weighted by atomic mass is 79.9. The van der Waals surface area contributed by atoms with Crippen LogP contribution in [0.5, 0.6) is 0 Å². The molecule has 2 rings (SSSR count). The van der Waals surface area contributed by atoms with Crippen molar-refractivity contribution < 1.29 is 0 Å². The number of benzene rings is 1. The fraction of sp³-hybridized carbons (Fsp3) is 0.571. The van der Waals surface area contributed by atoms with Gasteiger partial charge in [-0.05, 0) is 43.9 Å². The predicted molar refractivity (Wildman–Crippen MR) is 77.4 cm³/mol. The second kappa shape index (κ2) is 4.99.